The number of hydrogen-bond donors (Lipinski definition) is 2. The zero-order valence-corrected chi connectivity index (χ0v) is 13.5. The Kier molecular flexibility index (Phi) is 6.44. The van der Waals surface area contributed by atoms with E-state index < -0.39 is 0 Å². The SMILES string of the molecule is CCOc1ccc(NCC(=O)N/N=C\c2ccc(Cl)cc2)cc1. The van der Waals surface area contributed by atoms with Crippen molar-refractivity contribution >= 4 is 29.4 Å². The van der Waals surface area contributed by atoms with E-state index >= 15 is 0 Å². The molecule has 2 rings (SSSR count). The number of carbonyl (C=O) groups excluding carboxylic acids is 1. The van der Waals surface area contributed by atoms with E-state index in [2.05, 4.69) is 15.8 Å². The smallest absolute Gasteiger partial charge is 0.259 e. The number of nitrogens with zero attached hydrogens (tertiary/aromatic N) is 1. The van der Waals surface area contributed by atoms with E-state index in [0.29, 0.717) is 11.6 Å². The Morgan fingerprint density at radius 1 is 1.17 bits per heavy atom. The summed E-state index contributed by atoms with van der Waals surface area (Å²) in [6.45, 7) is 2.69. The minimum Gasteiger partial charge on any atom is -0.494 e. The first-order valence-electron chi connectivity index (χ1n) is 7.21. The molecule has 0 heterocycles. The topological polar surface area (TPSA) is 62.7 Å². The third kappa shape index (κ3) is 6.00. The monoisotopic (exact) mass is 331 g/mol. The minimum atomic E-state index is -0.232. The molecule has 0 spiro atoms. The third-order valence-electron chi connectivity index (χ3n) is 2.89. The predicted molar refractivity (Wildman–Crippen MR) is 93.3 cm³/mol. The standard InChI is InChI=1S/C17H18ClN3O2/c1-2-23-16-9-7-15(8-10-16)19-12-17(22)21-20-11-13-3-5-14(18)6-4-13/h3-11,19H,2,12H2,1H3,(H,21,22)/b20-11-. The summed E-state index contributed by atoms with van der Waals surface area (Å²) < 4.78 is 5.35. The van der Waals surface area contributed by atoms with Gasteiger partial charge in [0, 0.05) is 10.7 Å². The Morgan fingerprint density at radius 3 is 2.52 bits per heavy atom. The van der Waals surface area contributed by atoms with Gasteiger partial charge in [-0.15, -0.1) is 0 Å². The lowest BCUT2D eigenvalue weighted by atomic mass is 10.2. The second-order valence-corrected chi connectivity index (χ2v) is 5.09. The van der Waals surface area contributed by atoms with Crippen LogP contribution in [-0.4, -0.2) is 25.3 Å². The summed E-state index contributed by atoms with van der Waals surface area (Å²) in [6.07, 6.45) is 1.56. The molecule has 0 fully saturated rings. The Morgan fingerprint density at radius 2 is 1.87 bits per heavy atom. The molecule has 2 N–H and O–H groups in total. The summed E-state index contributed by atoms with van der Waals surface area (Å²) in [4.78, 5) is 11.7. The van der Waals surface area contributed by atoms with Gasteiger partial charge in [0.25, 0.3) is 5.91 Å². The number of ether oxygens (including phenoxy) is 1. The second kappa shape index (κ2) is 8.80. The van der Waals surface area contributed by atoms with E-state index in [1.54, 1.807) is 18.3 Å². The molecular formula is C17H18ClN3O2. The van der Waals surface area contributed by atoms with Crippen LogP contribution in [0.5, 0.6) is 5.75 Å². The van der Waals surface area contributed by atoms with Crippen LogP contribution < -0.4 is 15.5 Å². The van der Waals surface area contributed by atoms with Crippen molar-refractivity contribution in [3.05, 3.63) is 59.1 Å². The molecule has 120 valence electrons. The molecular weight excluding hydrogens is 314 g/mol. The number of rotatable bonds is 7. The molecule has 1 amide bonds. The lowest BCUT2D eigenvalue weighted by molar-refractivity contribution is -0.119. The van der Waals surface area contributed by atoms with Gasteiger partial charge in [-0.1, -0.05) is 23.7 Å². The van der Waals surface area contributed by atoms with Crippen molar-refractivity contribution < 1.29 is 9.53 Å². The van der Waals surface area contributed by atoms with Crippen molar-refractivity contribution in [1.82, 2.24) is 5.43 Å². The highest BCUT2D eigenvalue weighted by Gasteiger charge is 2.00. The van der Waals surface area contributed by atoms with E-state index in [1.165, 1.54) is 0 Å². The normalized spacial score (nSPS) is 10.5. The molecule has 0 bridgehead atoms. The molecule has 0 unspecified atom stereocenters. The summed E-state index contributed by atoms with van der Waals surface area (Å²) >= 11 is 5.79. The molecule has 0 aliphatic rings. The van der Waals surface area contributed by atoms with Gasteiger partial charge in [-0.2, -0.15) is 5.10 Å². The summed E-state index contributed by atoms with van der Waals surface area (Å²) in [7, 11) is 0. The number of amides is 1. The average Bonchev–Trinajstić information content (AvgIpc) is 2.56. The van der Waals surface area contributed by atoms with E-state index in [0.717, 1.165) is 17.0 Å². The van der Waals surface area contributed by atoms with E-state index in [4.69, 9.17) is 16.3 Å². The van der Waals surface area contributed by atoms with Gasteiger partial charge in [0.2, 0.25) is 0 Å². The number of hydrazone groups is 1. The maximum atomic E-state index is 11.7. The molecule has 23 heavy (non-hydrogen) atoms. The maximum absolute atomic E-state index is 11.7. The van der Waals surface area contributed by atoms with Gasteiger partial charge >= 0.3 is 0 Å². The Hall–Kier alpha value is -2.53. The summed E-state index contributed by atoms with van der Waals surface area (Å²) in [6, 6.07) is 14.6. The molecule has 0 aromatic heterocycles. The van der Waals surface area contributed by atoms with Gasteiger partial charge in [-0.3, -0.25) is 4.79 Å². The number of benzene rings is 2. The van der Waals surface area contributed by atoms with Crippen molar-refractivity contribution in [3.8, 4) is 5.75 Å². The highest BCUT2D eigenvalue weighted by atomic mass is 35.5. The highest BCUT2D eigenvalue weighted by molar-refractivity contribution is 6.30. The van der Waals surface area contributed by atoms with Crippen LogP contribution >= 0.6 is 11.6 Å². The zero-order valence-electron chi connectivity index (χ0n) is 12.8. The Bertz CT molecular complexity index is 655. The first-order chi connectivity index (χ1) is 11.2. The molecule has 2 aromatic carbocycles. The molecule has 0 aliphatic heterocycles. The van der Waals surface area contributed by atoms with Gasteiger partial charge in [0.1, 0.15) is 5.75 Å². The van der Waals surface area contributed by atoms with Gasteiger partial charge in [0.05, 0.1) is 19.4 Å². The summed E-state index contributed by atoms with van der Waals surface area (Å²) in [5.74, 6) is 0.569. The zero-order chi connectivity index (χ0) is 16.5. The van der Waals surface area contributed by atoms with Crippen molar-refractivity contribution in [2.75, 3.05) is 18.5 Å². The first kappa shape index (κ1) is 16.8. The largest absolute Gasteiger partial charge is 0.494 e. The average molecular weight is 332 g/mol. The van der Waals surface area contributed by atoms with Crippen LogP contribution in [0, 0.1) is 0 Å². The molecule has 5 nitrogen and oxygen atoms in total. The number of nitrogens with one attached hydrogen (secondary N) is 2. The highest BCUT2D eigenvalue weighted by Crippen LogP contribution is 2.15. The fraction of sp³-hybridized carbons (Fsp3) is 0.176. The molecule has 0 atom stereocenters. The van der Waals surface area contributed by atoms with Crippen molar-refractivity contribution in [3.63, 3.8) is 0 Å². The molecule has 0 saturated carbocycles. The first-order valence-corrected chi connectivity index (χ1v) is 7.59. The fourth-order valence-electron chi connectivity index (χ4n) is 1.79. The van der Waals surface area contributed by atoms with E-state index in [9.17, 15) is 4.79 Å². The Labute approximate surface area is 140 Å². The Balaban J connectivity index is 1.75. The van der Waals surface area contributed by atoms with Gasteiger partial charge in [0.15, 0.2) is 0 Å². The molecule has 6 heteroatoms. The van der Waals surface area contributed by atoms with Crippen LogP contribution in [0.2, 0.25) is 5.02 Å². The number of halogens is 1. The van der Waals surface area contributed by atoms with Crippen LogP contribution in [0.25, 0.3) is 0 Å². The molecule has 2 aromatic rings. The molecule has 0 saturated heterocycles. The second-order valence-electron chi connectivity index (χ2n) is 4.66. The minimum absolute atomic E-state index is 0.131. The van der Waals surface area contributed by atoms with Crippen LogP contribution in [0.1, 0.15) is 12.5 Å². The third-order valence-corrected chi connectivity index (χ3v) is 3.14. The number of anilines is 1. The van der Waals surface area contributed by atoms with E-state index in [-0.39, 0.29) is 12.5 Å². The van der Waals surface area contributed by atoms with Crippen molar-refractivity contribution in [2.45, 2.75) is 6.92 Å². The van der Waals surface area contributed by atoms with Crippen LogP contribution in [-0.2, 0) is 4.79 Å². The molecule has 0 radical (unpaired) electrons. The quantitative estimate of drug-likeness (QED) is 0.604. The van der Waals surface area contributed by atoms with Gasteiger partial charge < -0.3 is 10.1 Å². The maximum Gasteiger partial charge on any atom is 0.259 e. The summed E-state index contributed by atoms with van der Waals surface area (Å²) in [5.41, 5.74) is 4.15. The lowest BCUT2D eigenvalue weighted by Gasteiger charge is -2.07. The van der Waals surface area contributed by atoms with Crippen LogP contribution in [0.15, 0.2) is 53.6 Å². The van der Waals surface area contributed by atoms with Gasteiger partial charge in [-0.05, 0) is 48.9 Å². The summed E-state index contributed by atoms with van der Waals surface area (Å²) in [5, 5.41) is 7.56. The number of hydrogen-bond acceptors (Lipinski definition) is 4. The van der Waals surface area contributed by atoms with Crippen LogP contribution in [0.3, 0.4) is 0 Å². The van der Waals surface area contributed by atoms with E-state index in [1.807, 2.05) is 43.3 Å². The van der Waals surface area contributed by atoms with Crippen molar-refractivity contribution in [1.29, 1.82) is 0 Å². The molecule has 0 aliphatic carbocycles. The predicted octanol–water partition coefficient (Wildman–Crippen LogP) is 3.30. The van der Waals surface area contributed by atoms with Crippen LogP contribution in [0.4, 0.5) is 5.69 Å². The lowest BCUT2D eigenvalue weighted by Crippen LogP contribution is -2.25. The fourth-order valence-corrected chi connectivity index (χ4v) is 1.91. The van der Waals surface area contributed by atoms with Crippen molar-refractivity contribution in [2.24, 2.45) is 5.10 Å². The van der Waals surface area contributed by atoms with Gasteiger partial charge in [-0.25, -0.2) is 5.43 Å². The number of carbonyl (C=O) groups is 1.